The molecule has 1 aromatic rings. The van der Waals surface area contributed by atoms with Crippen molar-refractivity contribution in [2.45, 2.75) is 57.9 Å². The summed E-state index contributed by atoms with van der Waals surface area (Å²) >= 11 is 0. The first-order chi connectivity index (χ1) is 10.8. The Bertz CT molecular complexity index is 591. The van der Waals surface area contributed by atoms with E-state index in [-0.39, 0.29) is 0 Å². The Hall–Kier alpha value is -2.05. The number of nitrogens with one attached hydrogen (secondary N) is 1. The quantitative estimate of drug-likeness (QED) is 0.828. The molecular formula is C17H22F3NO3. The van der Waals surface area contributed by atoms with E-state index in [1.807, 2.05) is 0 Å². The van der Waals surface area contributed by atoms with Crippen molar-refractivity contribution >= 4 is 12.4 Å². The van der Waals surface area contributed by atoms with E-state index in [0.29, 0.717) is 11.8 Å². The normalized spacial score (nSPS) is 16.0. The van der Waals surface area contributed by atoms with Gasteiger partial charge in [0.15, 0.2) is 0 Å². The highest BCUT2D eigenvalue weighted by Crippen LogP contribution is 2.32. The standard InChI is InChI=1S/C17H22F3NO3/c1-11(12-6-8-13(9-7-12)17(18,19)20)16(5,10-22)21-14(23)24-15(2,3)4/h6-11H,1-5H3,(H,21,23). The van der Waals surface area contributed by atoms with Crippen LogP contribution in [-0.4, -0.2) is 23.5 Å². The maximum atomic E-state index is 12.6. The molecule has 0 radical (unpaired) electrons. The van der Waals surface area contributed by atoms with Crippen molar-refractivity contribution in [3.8, 4) is 0 Å². The maximum Gasteiger partial charge on any atom is 0.416 e. The number of benzene rings is 1. The van der Waals surface area contributed by atoms with Gasteiger partial charge in [-0.2, -0.15) is 13.2 Å². The zero-order chi connectivity index (χ0) is 18.8. The fraction of sp³-hybridized carbons (Fsp3) is 0.529. The summed E-state index contributed by atoms with van der Waals surface area (Å²) in [5.41, 5.74) is -2.33. The molecule has 0 spiro atoms. The van der Waals surface area contributed by atoms with Crippen LogP contribution in [-0.2, 0) is 15.7 Å². The molecule has 0 saturated carbocycles. The lowest BCUT2D eigenvalue weighted by Crippen LogP contribution is -2.52. The monoisotopic (exact) mass is 345 g/mol. The minimum absolute atomic E-state index is 0.494. The lowest BCUT2D eigenvalue weighted by molar-refractivity contribution is -0.137. The Morgan fingerprint density at radius 1 is 1.12 bits per heavy atom. The SMILES string of the molecule is CC(c1ccc(C(F)(F)F)cc1)C(C)(C=O)NC(=O)OC(C)(C)C. The summed E-state index contributed by atoms with van der Waals surface area (Å²) in [6, 6.07) is 4.49. The Balaban J connectivity index is 2.98. The fourth-order valence-electron chi connectivity index (χ4n) is 2.07. The molecular weight excluding hydrogens is 323 g/mol. The van der Waals surface area contributed by atoms with E-state index in [2.05, 4.69) is 5.32 Å². The largest absolute Gasteiger partial charge is 0.444 e. The highest BCUT2D eigenvalue weighted by atomic mass is 19.4. The second kappa shape index (κ2) is 6.83. The van der Waals surface area contributed by atoms with Crippen LogP contribution in [0.5, 0.6) is 0 Å². The number of alkyl carbamates (subject to hydrolysis) is 1. The average Bonchev–Trinajstić information content (AvgIpc) is 2.43. The zero-order valence-corrected chi connectivity index (χ0v) is 14.3. The van der Waals surface area contributed by atoms with Crippen LogP contribution < -0.4 is 5.32 Å². The van der Waals surface area contributed by atoms with Gasteiger partial charge in [-0.25, -0.2) is 4.79 Å². The molecule has 0 aliphatic rings. The molecule has 2 unspecified atom stereocenters. The van der Waals surface area contributed by atoms with Crippen molar-refractivity contribution in [2.24, 2.45) is 0 Å². The summed E-state index contributed by atoms with van der Waals surface area (Å²) in [4.78, 5) is 23.4. The maximum absolute atomic E-state index is 12.6. The van der Waals surface area contributed by atoms with Gasteiger partial charge in [0.25, 0.3) is 0 Å². The van der Waals surface area contributed by atoms with Gasteiger partial charge >= 0.3 is 12.3 Å². The van der Waals surface area contributed by atoms with Crippen molar-refractivity contribution in [1.29, 1.82) is 0 Å². The van der Waals surface area contributed by atoms with Crippen LogP contribution in [0.3, 0.4) is 0 Å². The number of hydrogen-bond acceptors (Lipinski definition) is 3. The predicted molar refractivity (Wildman–Crippen MR) is 83.7 cm³/mol. The Labute approximate surface area is 139 Å². The lowest BCUT2D eigenvalue weighted by Gasteiger charge is -2.32. The smallest absolute Gasteiger partial charge is 0.416 e. The number of alkyl halides is 3. The van der Waals surface area contributed by atoms with Crippen molar-refractivity contribution < 1.29 is 27.5 Å². The first-order valence-electron chi connectivity index (χ1n) is 7.43. The Kier molecular flexibility index (Phi) is 5.69. The number of hydrogen-bond donors (Lipinski definition) is 1. The van der Waals surface area contributed by atoms with Gasteiger partial charge < -0.3 is 14.8 Å². The van der Waals surface area contributed by atoms with Crippen LogP contribution in [0.25, 0.3) is 0 Å². The highest BCUT2D eigenvalue weighted by molar-refractivity contribution is 5.77. The fourth-order valence-corrected chi connectivity index (χ4v) is 2.07. The van der Waals surface area contributed by atoms with Crippen LogP contribution in [0.2, 0.25) is 0 Å². The number of halogens is 3. The van der Waals surface area contributed by atoms with E-state index >= 15 is 0 Å². The lowest BCUT2D eigenvalue weighted by atomic mass is 9.83. The van der Waals surface area contributed by atoms with Crippen molar-refractivity contribution in [2.75, 3.05) is 0 Å². The van der Waals surface area contributed by atoms with E-state index in [0.717, 1.165) is 12.1 Å². The average molecular weight is 345 g/mol. The van der Waals surface area contributed by atoms with E-state index in [1.54, 1.807) is 27.7 Å². The van der Waals surface area contributed by atoms with E-state index in [4.69, 9.17) is 4.74 Å². The van der Waals surface area contributed by atoms with Gasteiger partial charge in [-0.05, 0) is 45.4 Å². The molecule has 1 amide bonds. The van der Waals surface area contributed by atoms with Crippen LogP contribution in [0.1, 0.15) is 51.7 Å². The minimum Gasteiger partial charge on any atom is -0.444 e. The molecule has 1 N–H and O–H groups in total. The second-order valence-corrected chi connectivity index (χ2v) is 6.87. The third-order valence-corrected chi connectivity index (χ3v) is 3.65. The van der Waals surface area contributed by atoms with Crippen molar-refractivity contribution in [1.82, 2.24) is 5.32 Å². The van der Waals surface area contributed by atoms with Crippen LogP contribution in [0, 0.1) is 0 Å². The third-order valence-electron chi connectivity index (χ3n) is 3.65. The third kappa shape index (κ3) is 5.25. The molecule has 0 aromatic heterocycles. The molecule has 0 saturated heterocycles. The zero-order valence-electron chi connectivity index (χ0n) is 14.3. The Morgan fingerprint density at radius 2 is 1.62 bits per heavy atom. The van der Waals surface area contributed by atoms with Crippen LogP contribution in [0.15, 0.2) is 24.3 Å². The number of aldehydes is 1. The summed E-state index contributed by atoms with van der Waals surface area (Å²) in [5.74, 6) is -0.551. The number of rotatable bonds is 4. The van der Waals surface area contributed by atoms with Gasteiger partial charge in [0.2, 0.25) is 0 Å². The summed E-state index contributed by atoms with van der Waals surface area (Å²) < 4.78 is 43.0. The predicted octanol–water partition coefficient (Wildman–Crippen LogP) is 4.29. The number of amides is 1. The summed E-state index contributed by atoms with van der Waals surface area (Å²) in [6.07, 6.45) is -4.64. The molecule has 1 aromatic carbocycles. The molecule has 0 heterocycles. The first kappa shape index (κ1) is 20.0. The molecule has 134 valence electrons. The van der Waals surface area contributed by atoms with Gasteiger partial charge in [0, 0.05) is 5.92 Å². The molecule has 4 nitrogen and oxygen atoms in total. The van der Waals surface area contributed by atoms with Gasteiger partial charge in [0.1, 0.15) is 17.4 Å². The molecule has 0 fully saturated rings. The minimum atomic E-state index is -4.43. The number of ether oxygens (including phenoxy) is 1. The molecule has 0 bridgehead atoms. The first-order valence-corrected chi connectivity index (χ1v) is 7.43. The van der Waals surface area contributed by atoms with Crippen LogP contribution in [0.4, 0.5) is 18.0 Å². The van der Waals surface area contributed by atoms with Crippen molar-refractivity contribution in [3.05, 3.63) is 35.4 Å². The topological polar surface area (TPSA) is 55.4 Å². The molecule has 2 atom stereocenters. The van der Waals surface area contributed by atoms with E-state index in [1.165, 1.54) is 19.1 Å². The van der Waals surface area contributed by atoms with E-state index in [9.17, 15) is 22.8 Å². The van der Waals surface area contributed by atoms with Gasteiger partial charge in [-0.1, -0.05) is 19.1 Å². The van der Waals surface area contributed by atoms with E-state index < -0.39 is 34.9 Å². The number of carbonyl (C=O) groups excluding carboxylic acids is 2. The van der Waals surface area contributed by atoms with Gasteiger partial charge in [-0.15, -0.1) is 0 Å². The van der Waals surface area contributed by atoms with Crippen LogP contribution >= 0.6 is 0 Å². The summed E-state index contributed by atoms with van der Waals surface area (Å²) in [5, 5.41) is 2.49. The Morgan fingerprint density at radius 3 is 2.00 bits per heavy atom. The number of carbonyl (C=O) groups is 2. The van der Waals surface area contributed by atoms with Gasteiger partial charge in [0.05, 0.1) is 5.56 Å². The highest BCUT2D eigenvalue weighted by Gasteiger charge is 2.36. The molecule has 0 aliphatic heterocycles. The second-order valence-electron chi connectivity index (χ2n) is 6.87. The molecule has 7 heteroatoms. The molecule has 1 rings (SSSR count). The molecule has 0 aliphatic carbocycles. The molecule has 24 heavy (non-hydrogen) atoms. The summed E-state index contributed by atoms with van der Waals surface area (Å²) in [6.45, 7) is 8.19. The summed E-state index contributed by atoms with van der Waals surface area (Å²) in [7, 11) is 0. The van der Waals surface area contributed by atoms with Gasteiger partial charge in [-0.3, -0.25) is 0 Å². The van der Waals surface area contributed by atoms with Crippen molar-refractivity contribution in [3.63, 3.8) is 0 Å².